The smallest absolute Gasteiger partial charge is 0.390 e. The second-order valence-electron chi connectivity index (χ2n) is 5.48. The van der Waals surface area contributed by atoms with Gasteiger partial charge in [0.15, 0.2) is 0 Å². The topological polar surface area (TPSA) is 25.2 Å². The van der Waals surface area contributed by atoms with Crippen molar-refractivity contribution in [3.8, 4) is 0 Å². The molecular formula is C14H16F3NO. The summed E-state index contributed by atoms with van der Waals surface area (Å²) in [6.45, 7) is 3.28. The Kier molecular flexibility index (Phi) is 3.13. The molecule has 2 rings (SSSR count). The molecule has 0 atom stereocenters. The van der Waals surface area contributed by atoms with E-state index in [-0.39, 0.29) is 0 Å². The summed E-state index contributed by atoms with van der Waals surface area (Å²) in [5, 5.41) is 10.4. The standard InChI is InChI=1S/C14H16F3NO/c1-13(2,19)7-9-8-18(3)12-5-4-10(6-11(9)12)14(15,16)17/h4-6,8,19H,7H2,1-3H3. The molecule has 1 N–H and O–H groups in total. The van der Waals surface area contributed by atoms with Crippen LogP contribution in [-0.2, 0) is 19.6 Å². The van der Waals surface area contributed by atoms with E-state index in [0.717, 1.165) is 23.2 Å². The van der Waals surface area contributed by atoms with E-state index in [1.54, 1.807) is 31.7 Å². The molecular weight excluding hydrogens is 255 g/mol. The Morgan fingerprint density at radius 1 is 1.21 bits per heavy atom. The third-order valence-electron chi connectivity index (χ3n) is 3.02. The summed E-state index contributed by atoms with van der Waals surface area (Å²) in [7, 11) is 1.78. The third-order valence-corrected chi connectivity index (χ3v) is 3.02. The fraction of sp³-hybridized carbons (Fsp3) is 0.429. The average molecular weight is 271 g/mol. The number of benzene rings is 1. The lowest BCUT2D eigenvalue weighted by molar-refractivity contribution is -0.137. The molecule has 2 nitrogen and oxygen atoms in total. The van der Waals surface area contributed by atoms with Crippen molar-refractivity contribution in [3.05, 3.63) is 35.5 Å². The number of alkyl halides is 3. The van der Waals surface area contributed by atoms with Crippen molar-refractivity contribution in [2.45, 2.75) is 32.0 Å². The molecule has 0 aliphatic rings. The molecule has 0 unspecified atom stereocenters. The quantitative estimate of drug-likeness (QED) is 0.888. The van der Waals surface area contributed by atoms with E-state index in [1.165, 1.54) is 6.07 Å². The van der Waals surface area contributed by atoms with Crippen LogP contribution in [0.5, 0.6) is 0 Å². The van der Waals surface area contributed by atoms with E-state index in [4.69, 9.17) is 0 Å². The molecule has 0 aliphatic heterocycles. The lowest BCUT2D eigenvalue weighted by atomic mass is 9.97. The number of aliphatic hydroxyl groups is 1. The Hall–Kier alpha value is -1.49. The molecule has 1 aromatic heterocycles. The summed E-state index contributed by atoms with van der Waals surface area (Å²) in [4.78, 5) is 0. The van der Waals surface area contributed by atoms with Crippen molar-refractivity contribution in [2.24, 2.45) is 7.05 Å². The van der Waals surface area contributed by atoms with Crippen LogP contribution in [0.15, 0.2) is 24.4 Å². The van der Waals surface area contributed by atoms with E-state index in [0.29, 0.717) is 11.8 Å². The molecule has 0 saturated heterocycles. The number of hydrogen-bond donors (Lipinski definition) is 1. The Bertz CT molecular complexity index is 605. The molecule has 5 heteroatoms. The first-order valence-electron chi connectivity index (χ1n) is 5.95. The van der Waals surface area contributed by atoms with Crippen LogP contribution in [-0.4, -0.2) is 15.3 Å². The van der Waals surface area contributed by atoms with Gasteiger partial charge in [0.25, 0.3) is 0 Å². The molecule has 0 amide bonds. The minimum Gasteiger partial charge on any atom is -0.390 e. The van der Waals surface area contributed by atoms with Crippen molar-refractivity contribution >= 4 is 10.9 Å². The fourth-order valence-corrected chi connectivity index (χ4v) is 2.26. The maximum Gasteiger partial charge on any atom is 0.416 e. The number of aryl methyl sites for hydroxylation is 1. The number of fused-ring (bicyclic) bond motifs is 1. The van der Waals surface area contributed by atoms with Crippen LogP contribution in [0, 0.1) is 0 Å². The van der Waals surface area contributed by atoms with Gasteiger partial charge < -0.3 is 9.67 Å². The molecule has 0 bridgehead atoms. The molecule has 19 heavy (non-hydrogen) atoms. The van der Waals surface area contributed by atoms with Crippen molar-refractivity contribution in [1.82, 2.24) is 4.57 Å². The fourth-order valence-electron chi connectivity index (χ4n) is 2.26. The Balaban J connectivity index is 2.59. The molecule has 0 aliphatic carbocycles. The second kappa shape index (κ2) is 4.27. The van der Waals surface area contributed by atoms with E-state index < -0.39 is 17.3 Å². The van der Waals surface area contributed by atoms with Crippen LogP contribution in [0.1, 0.15) is 25.0 Å². The van der Waals surface area contributed by atoms with E-state index in [1.807, 2.05) is 0 Å². The molecule has 2 aromatic rings. The maximum absolute atomic E-state index is 12.7. The highest BCUT2D eigenvalue weighted by Gasteiger charge is 2.31. The van der Waals surface area contributed by atoms with Crippen LogP contribution in [0.3, 0.4) is 0 Å². The van der Waals surface area contributed by atoms with Crippen LogP contribution >= 0.6 is 0 Å². The highest BCUT2D eigenvalue weighted by atomic mass is 19.4. The van der Waals surface area contributed by atoms with Crippen molar-refractivity contribution in [2.75, 3.05) is 0 Å². The number of rotatable bonds is 2. The zero-order valence-corrected chi connectivity index (χ0v) is 11.0. The van der Waals surface area contributed by atoms with Gasteiger partial charge in [-0.25, -0.2) is 0 Å². The van der Waals surface area contributed by atoms with Gasteiger partial charge in [0.05, 0.1) is 11.2 Å². The summed E-state index contributed by atoms with van der Waals surface area (Å²) < 4.78 is 40.0. The summed E-state index contributed by atoms with van der Waals surface area (Å²) in [5.74, 6) is 0. The van der Waals surface area contributed by atoms with Gasteiger partial charge >= 0.3 is 6.18 Å². The van der Waals surface area contributed by atoms with Gasteiger partial charge in [0, 0.05) is 30.6 Å². The number of halogens is 3. The van der Waals surface area contributed by atoms with Gasteiger partial charge in [-0.15, -0.1) is 0 Å². The van der Waals surface area contributed by atoms with Gasteiger partial charge in [-0.1, -0.05) is 0 Å². The Morgan fingerprint density at radius 2 is 1.84 bits per heavy atom. The lowest BCUT2D eigenvalue weighted by Gasteiger charge is -2.16. The zero-order valence-electron chi connectivity index (χ0n) is 11.0. The highest BCUT2D eigenvalue weighted by molar-refractivity contribution is 5.85. The summed E-state index contributed by atoms with van der Waals surface area (Å²) >= 11 is 0. The van der Waals surface area contributed by atoms with E-state index >= 15 is 0 Å². The van der Waals surface area contributed by atoms with Crippen molar-refractivity contribution in [3.63, 3.8) is 0 Å². The molecule has 1 aromatic carbocycles. The second-order valence-corrected chi connectivity index (χ2v) is 5.48. The summed E-state index contributed by atoms with van der Waals surface area (Å²) in [6, 6.07) is 3.69. The Labute approximate surface area is 109 Å². The monoisotopic (exact) mass is 271 g/mol. The number of hydrogen-bond acceptors (Lipinski definition) is 1. The predicted molar refractivity (Wildman–Crippen MR) is 67.9 cm³/mol. The first-order chi connectivity index (χ1) is 8.58. The van der Waals surface area contributed by atoms with Gasteiger partial charge in [-0.2, -0.15) is 13.2 Å². The molecule has 1 heterocycles. The molecule has 0 saturated carbocycles. The van der Waals surface area contributed by atoms with Crippen LogP contribution in [0.4, 0.5) is 13.2 Å². The van der Waals surface area contributed by atoms with Crippen LogP contribution in [0.2, 0.25) is 0 Å². The maximum atomic E-state index is 12.7. The normalized spacial score (nSPS) is 13.2. The van der Waals surface area contributed by atoms with Gasteiger partial charge in [-0.3, -0.25) is 0 Å². The minimum atomic E-state index is -4.35. The summed E-state index contributed by atoms with van der Waals surface area (Å²) in [6.07, 6.45) is -2.27. The van der Waals surface area contributed by atoms with E-state index in [9.17, 15) is 18.3 Å². The SMILES string of the molecule is Cn1cc(CC(C)(C)O)c2cc(C(F)(F)F)ccc21. The van der Waals surface area contributed by atoms with Crippen molar-refractivity contribution < 1.29 is 18.3 Å². The average Bonchev–Trinajstić information content (AvgIpc) is 2.52. The first kappa shape index (κ1) is 13.9. The lowest BCUT2D eigenvalue weighted by Crippen LogP contribution is -2.21. The summed E-state index contributed by atoms with van der Waals surface area (Å²) in [5.41, 5.74) is -0.172. The number of nitrogens with zero attached hydrogens (tertiary/aromatic N) is 1. The van der Waals surface area contributed by atoms with Gasteiger partial charge in [0.1, 0.15) is 0 Å². The third kappa shape index (κ3) is 2.92. The van der Waals surface area contributed by atoms with Crippen LogP contribution in [0.25, 0.3) is 10.9 Å². The largest absolute Gasteiger partial charge is 0.416 e. The van der Waals surface area contributed by atoms with Gasteiger partial charge in [0.2, 0.25) is 0 Å². The molecule has 104 valence electrons. The highest BCUT2D eigenvalue weighted by Crippen LogP contribution is 2.33. The van der Waals surface area contributed by atoms with Crippen molar-refractivity contribution in [1.29, 1.82) is 0 Å². The molecule has 0 fully saturated rings. The molecule has 0 spiro atoms. The Morgan fingerprint density at radius 3 is 2.37 bits per heavy atom. The zero-order chi connectivity index (χ0) is 14.4. The predicted octanol–water partition coefficient (Wildman–Crippen LogP) is 3.51. The van der Waals surface area contributed by atoms with E-state index in [2.05, 4.69) is 0 Å². The van der Waals surface area contributed by atoms with Crippen LogP contribution < -0.4 is 0 Å². The minimum absolute atomic E-state index is 0.311. The first-order valence-corrected chi connectivity index (χ1v) is 5.95. The van der Waals surface area contributed by atoms with Gasteiger partial charge in [-0.05, 0) is 37.6 Å². The molecule has 0 radical (unpaired) electrons. The number of aromatic nitrogens is 1.